The molecule has 0 atom stereocenters. The normalized spacial score (nSPS) is 22.4. The first kappa shape index (κ1) is 13.9. The summed E-state index contributed by atoms with van der Waals surface area (Å²) < 4.78 is 27.4. The van der Waals surface area contributed by atoms with Crippen LogP contribution in [0, 0.1) is 0 Å². The molecule has 1 aliphatic heterocycles. The van der Waals surface area contributed by atoms with Crippen LogP contribution in [0.25, 0.3) is 0 Å². The zero-order valence-electron chi connectivity index (χ0n) is 10.1. The molecule has 1 heterocycles. The summed E-state index contributed by atoms with van der Waals surface area (Å²) in [7, 11) is -3.20. The van der Waals surface area contributed by atoms with Crippen molar-refractivity contribution >= 4 is 10.2 Å². The van der Waals surface area contributed by atoms with Crippen molar-refractivity contribution in [2.24, 2.45) is 5.73 Å². The largest absolute Gasteiger partial charge is 0.330 e. The fraction of sp³-hybridized carbons (Fsp3) is 1.00. The van der Waals surface area contributed by atoms with Crippen molar-refractivity contribution in [1.82, 2.24) is 8.61 Å². The molecule has 1 fully saturated rings. The van der Waals surface area contributed by atoms with Crippen molar-refractivity contribution < 1.29 is 8.42 Å². The van der Waals surface area contributed by atoms with Gasteiger partial charge in [0.1, 0.15) is 0 Å². The van der Waals surface area contributed by atoms with Crippen LogP contribution in [-0.2, 0) is 10.2 Å². The second kappa shape index (κ2) is 6.54. The van der Waals surface area contributed by atoms with Crippen molar-refractivity contribution in [3.63, 3.8) is 0 Å². The average molecular weight is 249 g/mol. The number of unbranched alkanes of at least 4 members (excludes halogenated alkanes) is 1. The Morgan fingerprint density at radius 2 is 1.69 bits per heavy atom. The van der Waals surface area contributed by atoms with E-state index in [1.165, 1.54) is 0 Å². The van der Waals surface area contributed by atoms with Gasteiger partial charge in [-0.1, -0.05) is 13.3 Å². The van der Waals surface area contributed by atoms with Gasteiger partial charge in [-0.05, 0) is 25.8 Å². The van der Waals surface area contributed by atoms with Gasteiger partial charge in [0, 0.05) is 26.2 Å². The summed E-state index contributed by atoms with van der Waals surface area (Å²) in [5.74, 6) is 0. The van der Waals surface area contributed by atoms with Crippen LogP contribution in [0.1, 0.15) is 32.6 Å². The van der Waals surface area contributed by atoms with Crippen LogP contribution in [0.3, 0.4) is 0 Å². The van der Waals surface area contributed by atoms with Gasteiger partial charge in [0.05, 0.1) is 0 Å². The Morgan fingerprint density at radius 3 is 2.19 bits per heavy atom. The lowest BCUT2D eigenvalue weighted by Crippen LogP contribution is -2.50. The maximum Gasteiger partial charge on any atom is 0.281 e. The molecule has 2 N–H and O–H groups in total. The van der Waals surface area contributed by atoms with Crippen molar-refractivity contribution in [3.05, 3.63) is 0 Å². The highest BCUT2D eigenvalue weighted by Crippen LogP contribution is 2.16. The summed E-state index contributed by atoms with van der Waals surface area (Å²) >= 11 is 0. The van der Waals surface area contributed by atoms with Crippen molar-refractivity contribution in [1.29, 1.82) is 0 Å². The maximum absolute atomic E-state index is 12.1. The molecule has 6 heteroatoms. The lowest BCUT2D eigenvalue weighted by atomic mass is 10.3. The van der Waals surface area contributed by atoms with Gasteiger partial charge in [0.15, 0.2) is 0 Å². The number of hydrogen-bond donors (Lipinski definition) is 1. The van der Waals surface area contributed by atoms with Gasteiger partial charge in [-0.15, -0.1) is 0 Å². The lowest BCUT2D eigenvalue weighted by molar-refractivity contribution is 0.280. The molecule has 5 nitrogen and oxygen atoms in total. The Kier molecular flexibility index (Phi) is 5.68. The molecule has 0 saturated carbocycles. The van der Waals surface area contributed by atoms with E-state index >= 15 is 0 Å². The molecule has 0 unspecified atom stereocenters. The van der Waals surface area contributed by atoms with Crippen LogP contribution in [-0.4, -0.2) is 49.8 Å². The van der Waals surface area contributed by atoms with Crippen LogP contribution in [0.5, 0.6) is 0 Å². The minimum Gasteiger partial charge on any atom is -0.330 e. The molecule has 1 aliphatic rings. The van der Waals surface area contributed by atoms with Gasteiger partial charge >= 0.3 is 0 Å². The molecule has 0 aromatic carbocycles. The van der Waals surface area contributed by atoms with Gasteiger partial charge < -0.3 is 5.73 Å². The minimum atomic E-state index is -3.20. The van der Waals surface area contributed by atoms with Gasteiger partial charge in [-0.3, -0.25) is 0 Å². The second-order valence-electron chi connectivity index (χ2n) is 4.16. The third-order valence-corrected chi connectivity index (χ3v) is 4.88. The van der Waals surface area contributed by atoms with E-state index in [4.69, 9.17) is 5.73 Å². The van der Waals surface area contributed by atoms with E-state index in [1.54, 1.807) is 8.61 Å². The summed E-state index contributed by atoms with van der Waals surface area (Å²) in [5.41, 5.74) is 5.41. The third-order valence-electron chi connectivity index (χ3n) is 2.84. The van der Waals surface area contributed by atoms with E-state index in [0.717, 1.165) is 25.7 Å². The summed E-state index contributed by atoms with van der Waals surface area (Å²) in [6.07, 6.45) is 3.62. The summed E-state index contributed by atoms with van der Waals surface area (Å²) in [4.78, 5) is 0. The number of nitrogens with zero attached hydrogens (tertiary/aromatic N) is 2. The Balaban J connectivity index is 2.60. The SMILES string of the molecule is CCCCN1CCCN(CCCN)S1(=O)=O. The predicted octanol–water partition coefficient (Wildman–Crippen LogP) is 0.388. The third kappa shape index (κ3) is 3.41. The average Bonchev–Trinajstić information content (AvgIpc) is 2.25. The van der Waals surface area contributed by atoms with Crippen LogP contribution in [0.15, 0.2) is 0 Å². The number of nitrogens with two attached hydrogens (primary N) is 1. The standard InChI is InChI=1S/C10H23N3O2S/c1-2-3-7-12-9-5-10-13(8-4-6-11)16(12,14)15/h2-11H2,1H3. The smallest absolute Gasteiger partial charge is 0.281 e. The van der Waals surface area contributed by atoms with Crippen molar-refractivity contribution in [2.75, 3.05) is 32.7 Å². The number of hydrogen-bond acceptors (Lipinski definition) is 3. The first-order chi connectivity index (χ1) is 7.62. The van der Waals surface area contributed by atoms with E-state index in [1.807, 2.05) is 0 Å². The highest BCUT2D eigenvalue weighted by atomic mass is 32.2. The Morgan fingerprint density at radius 1 is 1.12 bits per heavy atom. The predicted molar refractivity (Wildman–Crippen MR) is 65.3 cm³/mol. The summed E-state index contributed by atoms with van der Waals surface area (Å²) in [5, 5.41) is 0. The molecule has 1 rings (SSSR count). The summed E-state index contributed by atoms with van der Waals surface area (Å²) in [6.45, 7) is 5.13. The van der Waals surface area contributed by atoms with Gasteiger partial charge in [-0.2, -0.15) is 17.0 Å². The van der Waals surface area contributed by atoms with E-state index in [2.05, 4.69) is 6.92 Å². The molecule has 1 saturated heterocycles. The molecular weight excluding hydrogens is 226 g/mol. The van der Waals surface area contributed by atoms with E-state index in [9.17, 15) is 8.42 Å². The van der Waals surface area contributed by atoms with Gasteiger partial charge in [0.25, 0.3) is 10.2 Å². The van der Waals surface area contributed by atoms with Crippen molar-refractivity contribution in [3.8, 4) is 0 Å². The van der Waals surface area contributed by atoms with E-state index in [-0.39, 0.29) is 0 Å². The topological polar surface area (TPSA) is 66.6 Å². The first-order valence-corrected chi connectivity index (χ1v) is 7.48. The van der Waals surface area contributed by atoms with Gasteiger partial charge in [-0.25, -0.2) is 0 Å². The highest BCUT2D eigenvalue weighted by molar-refractivity contribution is 7.86. The zero-order valence-corrected chi connectivity index (χ0v) is 10.9. The monoisotopic (exact) mass is 249 g/mol. The Bertz CT molecular complexity index is 270. The van der Waals surface area contributed by atoms with Crippen LogP contribution < -0.4 is 5.73 Å². The van der Waals surface area contributed by atoms with Crippen LogP contribution in [0.2, 0.25) is 0 Å². The molecule has 0 spiro atoms. The zero-order chi connectivity index (χ0) is 12.0. The quantitative estimate of drug-likeness (QED) is 0.740. The second-order valence-corrected chi connectivity index (χ2v) is 6.08. The van der Waals surface area contributed by atoms with Crippen molar-refractivity contribution in [2.45, 2.75) is 32.6 Å². The van der Waals surface area contributed by atoms with Crippen LogP contribution >= 0.6 is 0 Å². The minimum absolute atomic E-state index is 0.543. The molecular formula is C10H23N3O2S. The fourth-order valence-electron chi connectivity index (χ4n) is 1.87. The number of rotatable bonds is 6. The van der Waals surface area contributed by atoms with Crippen LogP contribution in [0.4, 0.5) is 0 Å². The Hall–Kier alpha value is -0.170. The first-order valence-electron chi connectivity index (χ1n) is 6.08. The highest BCUT2D eigenvalue weighted by Gasteiger charge is 2.32. The van der Waals surface area contributed by atoms with E-state index < -0.39 is 10.2 Å². The Labute approximate surface area is 98.8 Å². The maximum atomic E-state index is 12.1. The fourth-order valence-corrected chi connectivity index (χ4v) is 3.64. The molecule has 0 aliphatic carbocycles. The summed E-state index contributed by atoms with van der Waals surface area (Å²) in [6, 6.07) is 0. The lowest BCUT2D eigenvalue weighted by Gasteiger charge is -2.34. The van der Waals surface area contributed by atoms with Gasteiger partial charge in [0.2, 0.25) is 0 Å². The molecule has 0 radical (unpaired) electrons. The molecule has 96 valence electrons. The molecule has 16 heavy (non-hydrogen) atoms. The molecule has 0 amide bonds. The molecule has 0 aromatic rings. The van der Waals surface area contributed by atoms with E-state index in [0.29, 0.717) is 32.7 Å². The molecule has 0 aromatic heterocycles. The molecule has 0 bridgehead atoms.